The molecule has 0 aliphatic carbocycles. The number of benzene rings is 3. The summed E-state index contributed by atoms with van der Waals surface area (Å²) in [6.45, 7) is 0.879. The van der Waals surface area contributed by atoms with Crippen LogP contribution in [0.1, 0.15) is 11.1 Å². The number of thioether (sulfide) groups is 1. The number of ether oxygens (including phenoxy) is 2. The van der Waals surface area contributed by atoms with Crippen LogP contribution in [0, 0.1) is 0 Å². The zero-order valence-corrected chi connectivity index (χ0v) is 18.6. The summed E-state index contributed by atoms with van der Waals surface area (Å²) in [5.74, 6) is 1.11. The van der Waals surface area contributed by atoms with Gasteiger partial charge in [-0.25, -0.2) is 0 Å². The number of halogens is 1. The number of hydrogen-bond acceptors (Lipinski definition) is 5. The Hall–Kier alpha value is -3.22. The van der Waals surface area contributed by atoms with Crippen molar-refractivity contribution in [3.8, 4) is 11.5 Å². The standard InChI is InChI=1S/C25H20ClNO4S/c26-20-10-6-19(7-11-20)17-31-22-12-8-18(9-13-22)16-23-24(28)27(25(29)32-23)14-15-30-21-4-2-1-3-5-21/h1-13,16H,14-15,17H2/b23-16-. The molecule has 4 rings (SSSR count). The number of hydrogen-bond donors (Lipinski definition) is 0. The van der Waals surface area contributed by atoms with Gasteiger partial charge in [0.2, 0.25) is 0 Å². The van der Waals surface area contributed by atoms with Crippen LogP contribution in [0.4, 0.5) is 4.79 Å². The second kappa shape index (κ2) is 10.4. The van der Waals surface area contributed by atoms with Gasteiger partial charge >= 0.3 is 0 Å². The molecule has 1 fully saturated rings. The molecule has 0 atom stereocenters. The van der Waals surface area contributed by atoms with Crippen molar-refractivity contribution in [2.24, 2.45) is 0 Å². The molecule has 0 spiro atoms. The molecule has 0 radical (unpaired) electrons. The van der Waals surface area contributed by atoms with E-state index in [-0.39, 0.29) is 24.3 Å². The van der Waals surface area contributed by atoms with Crippen LogP contribution in [0.2, 0.25) is 5.02 Å². The lowest BCUT2D eigenvalue weighted by atomic mass is 10.2. The van der Waals surface area contributed by atoms with Gasteiger partial charge in [-0.2, -0.15) is 0 Å². The molecule has 0 saturated carbocycles. The van der Waals surface area contributed by atoms with Gasteiger partial charge in [-0.1, -0.05) is 54.1 Å². The minimum absolute atomic E-state index is 0.203. The smallest absolute Gasteiger partial charge is 0.293 e. The largest absolute Gasteiger partial charge is 0.492 e. The lowest BCUT2D eigenvalue weighted by Gasteiger charge is -2.13. The highest BCUT2D eigenvalue weighted by atomic mass is 35.5. The highest BCUT2D eigenvalue weighted by Gasteiger charge is 2.34. The SMILES string of the molecule is O=C1S/C(=C\c2ccc(OCc3ccc(Cl)cc3)cc2)C(=O)N1CCOc1ccccc1. The van der Waals surface area contributed by atoms with Crippen LogP contribution in [0.3, 0.4) is 0 Å². The summed E-state index contributed by atoms with van der Waals surface area (Å²) in [7, 11) is 0. The number of carbonyl (C=O) groups excluding carboxylic acids is 2. The second-order valence-corrected chi connectivity index (χ2v) is 8.41. The summed E-state index contributed by atoms with van der Waals surface area (Å²) in [5.41, 5.74) is 1.83. The molecule has 0 aromatic heterocycles. The molecule has 0 N–H and O–H groups in total. The van der Waals surface area contributed by atoms with E-state index in [1.165, 1.54) is 4.90 Å². The average Bonchev–Trinajstić information content (AvgIpc) is 3.08. The summed E-state index contributed by atoms with van der Waals surface area (Å²) < 4.78 is 11.4. The van der Waals surface area contributed by atoms with E-state index < -0.39 is 0 Å². The van der Waals surface area contributed by atoms with Crippen LogP contribution in [-0.4, -0.2) is 29.2 Å². The molecule has 162 valence electrons. The number of carbonyl (C=O) groups is 2. The summed E-state index contributed by atoms with van der Waals surface area (Å²) in [4.78, 5) is 26.5. The molecule has 32 heavy (non-hydrogen) atoms. The molecule has 1 saturated heterocycles. The van der Waals surface area contributed by atoms with E-state index in [0.29, 0.717) is 28.0 Å². The Morgan fingerprint density at radius 2 is 1.53 bits per heavy atom. The average molecular weight is 466 g/mol. The van der Waals surface area contributed by atoms with Crippen LogP contribution in [0.25, 0.3) is 6.08 Å². The quantitative estimate of drug-likeness (QED) is 0.380. The number of imide groups is 1. The fourth-order valence-electron chi connectivity index (χ4n) is 3.02. The Balaban J connectivity index is 1.32. The zero-order valence-electron chi connectivity index (χ0n) is 17.1. The maximum absolute atomic E-state index is 12.6. The van der Waals surface area contributed by atoms with E-state index in [4.69, 9.17) is 21.1 Å². The van der Waals surface area contributed by atoms with Crippen LogP contribution < -0.4 is 9.47 Å². The topological polar surface area (TPSA) is 55.8 Å². The van der Waals surface area contributed by atoms with Gasteiger partial charge in [0.25, 0.3) is 11.1 Å². The number of para-hydroxylation sites is 1. The fourth-order valence-corrected chi connectivity index (χ4v) is 4.01. The number of amides is 2. The van der Waals surface area contributed by atoms with Crippen molar-refractivity contribution in [3.05, 3.63) is 99.9 Å². The first-order chi connectivity index (χ1) is 15.6. The number of nitrogens with zero attached hydrogens (tertiary/aromatic N) is 1. The normalized spacial score (nSPS) is 14.8. The Labute approximate surface area is 195 Å². The predicted molar refractivity (Wildman–Crippen MR) is 127 cm³/mol. The van der Waals surface area contributed by atoms with Crippen LogP contribution >= 0.6 is 23.4 Å². The molecule has 5 nitrogen and oxygen atoms in total. The van der Waals surface area contributed by atoms with Gasteiger partial charge in [-0.05, 0) is 65.4 Å². The van der Waals surface area contributed by atoms with E-state index in [0.717, 1.165) is 22.9 Å². The Bertz CT molecular complexity index is 1110. The zero-order chi connectivity index (χ0) is 22.3. The summed E-state index contributed by atoms with van der Waals surface area (Å²) in [6, 6.07) is 24.1. The van der Waals surface area contributed by atoms with Crippen molar-refractivity contribution in [1.82, 2.24) is 4.90 Å². The Morgan fingerprint density at radius 3 is 2.25 bits per heavy atom. The van der Waals surface area contributed by atoms with Gasteiger partial charge in [0.1, 0.15) is 24.7 Å². The van der Waals surface area contributed by atoms with Crippen molar-refractivity contribution in [2.45, 2.75) is 6.61 Å². The van der Waals surface area contributed by atoms with Crippen molar-refractivity contribution in [3.63, 3.8) is 0 Å². The molecular weight excluding hydrogens is 446 g/mol. The fraction of sp³-hybridized carbons (Fsp3) is 0.120. The van der Waals surface area contributed by atoms with Gasteiger partial charge in [-0.3, -0.25) is 14.5 Å². The van der Waals surface area contributed by atoms with Gasteiger partial charge in [-0.15, -0.1) is 0 Å². The summed E-state index contributed by atoms with van der Waals surface area (Å²) in [6.07, 6.45) is 1.71. The van der Waals surface area contributed by atoms with Crippen LogP contribution in [0.5, 0.6) is 11.5 Å². The third-order valence-electron chi connectivity index (χ3n) is 4.70. The molecule has 7 heteroatoms. The molecule has 0 unspecified atom stereocenters. The predicted octanol–water partition coefficient (Wildman–Crippen LogP) is 6.03. The molecule has 2 amide bonds. The van der Waals surface area contributed by atoms with E-state index in [1.54, 1.807) is 6.08 Å². The summed E-state index contributed by atoms with van der Waals surface area (Å²) >= 11 is 6.83. The minimum atomic E-state index is -0.306. The van der Waals surface area contributed by atoms with Crippen LogP contribution in [0.15, 0.2) is 83.8 Å². The lowest BCUT2D eigenvalue weighted by molar-refractivity contribution is -0.123. The Kier molecular flexibility index (Phi) is 7.14. The molecule has 1 aliphatic heterocycles. The van der Waals surface area contributed by atoms with Crippen molar-refractivity contribution < 1.29 is 19.1 Å². The maximum atomic E-state index is 12.6. The number of rotatable bonds is 8. The molecule has 3 aromatic carbocycles. The maximum Gasteiger partial charge on any atom is 0.293 e. The molecular formula is C25H20ClNO4S. The van der Waals surface area contributed by atoms with Crippen molar-refractivity contribution >= 4 is 40.6 Å². The molecule has 3 aromatic rings. The van der Waals surface area contributed by atoms with E-state index >= 15 is 0 Å². The summed E-state index contributed by atoms with van der Waals surface area (Å²) in [5, 5.41) is 0.395. The highest BCUT2D eigenvalue weighted by Crippen LogP contribution is 2.32. The second-order valence-electron chi connectivity index (χ2n) is 6.98. The minimum Gasteiger partial charge on any atom is -0.492 e. The third kappa shape index (κ3) is 5.72. The van der Waals surface area contributed by atoms with Crippen LogP contribution in [-0.2, 0) is 11.4 Å². The Morgan fingerprint density at radius 1 is 0.844 bits per heavy atom. The van der Waals surface area contributed by atoms with Crippen molar-refractivity contribution in [2.75, 3.05) is 13.2 Å². The lowest BCUT2D eigenvalue weighted by Crippen LogP contribution is -2.32. The molecule has 1 heterocycles. The van der Waals surface area contributed by atoms with Crippen molar-refractivity contribution in [1.29, 1.82) is 0 Å². The molecule has 0 bridgehead atoms. The van der Waals surface area contributed by atoms with Gasteiger partial charge < -0.3 is 9.47 Å². The van der Waals surface area contributed by atoms with Gasteiger partial charge in [0, 0.05) is 5.02 Å². The van der Waals surface area contributed by atoms with E-state index in [9.17, 15) is 9.59 Å². The van der Waals surface area contributed by atoms with Gasteiger partial charge in [0.05, 0.1) is 11.4 Å². The van der Waals surface area contributed by atoms with E-state index in [2.05, 4.69) is 0 Å². The highest BCUT2D eigenvalue weighted by molar-refractivity contribution is 8.18. The van der Waals surface area contributed by atoms with E-state index in [1.807, 2.05) is 78.9 Å². The first kappa shape index (κ1) is 22.0. The third-order valence-corrected chi connectivity index (χ3v) is 5.86. The van der Waals surface area contributed by atoms with Gasteiger partial charge in [0.15, 0.2) is 0 Å². The first-order valence-corrected chi connectivity index (χ1v) is 11.2. The monoisotopic (exact) mass is 465 g/mol. The molecule has 1 aliphatic rings. The first-order valence-electron chi connectivity index (χ1n) is 9.99.